The van der Waals surface area contributed by atoms with Gasteiger partial charge in [-0.15, -0.1) is 0 Å². The summed E-state index contributed by atoms with van der Waals surface area (Å²) in [5, 5.41) is 18.1. The Morgan fingerprint density at radius 3 is 2.71 bits per heavy atom. The average molecular weight is 255 g/mol. The number of carbonyl (C=O) groups is 2. The highest BCUT2D eigenvalue weighted by Crippen LogP contribution is 2.17. The molecule has 0 aliphatic heterocycles. The van der Waals surface area contributed by atoms with E-state index >= 15 is 0 Å². The summed E-state index contributed by atoms with van der Waals surface area (Å²) in [6, 6.07) is 3.01. The van der Waals surface area contributed by atoms with Crippen molar-refractivity contribution in [3.63, 3.8) is 0 Å². The van der Waals surface area contributed by atoms with Crippen molar-refractivity contribution in [3.8, 4) is 0 Å². The van der Waals surface area contributed by atoms with Crippen molar-refractivity contribution in [1.82, 2.24) is 9.38 Å². The molecule has 6 nitrogen and oxygen atoms in total. The zero-order chi connectivity index (χ0) is 12.6. The number of pyridine rings is 1. The first-order chi connectivity index (χ1) is 7.99. The lowest BCUT2D eigenvalue weighted by atomic mass is 10.2. The first-order valence-corrected chi connectivity index (χ1v) is 4.98. The van der Waals surface area contributed by atoms with E-state index < -0.39 is 18.4 Å². The Kier molecular flexibility index (Phi) is 2.72. The van der Waals surface area contributed by atoms with Crippen molar-refractivity contribution in [2.45, 2.75) is 6.42 Å². The summed E-state index contributed by atoms with van der Waals surface area (Å²) in [5.41, 5.74) is 0.164. The average Bonchev–Trinajstić information content (AvgIpc) is 2.55. The van der Waals surface area contributed by atoms with Crippen LogP contribution in [-0.4, -0.2) is 31.5 Å². The zero-order valence-corrected chi connectivity index (χ0v) is 9.18. The molecule has 7 heteroatoms. The van der Waals surface area contributed by atoms with Gasteiger partial charge in [0.2, 0.25) is 0 Å². The number of aliphatic carboxylic acids is 1. The van der Waals surface area contributed by atoms with Gasteiger partial charge in [0.05, 0.1) is 12.1 Å². The summed E-state index contributed by atoms with van der Waals surface area (Å²) in [6.45, 7) is 0. The highest BCUT2D eigenvalue weighted by atomic mass is 35.5. The molecule has 0 aliphatic carbocycles. The molecule has 0 unspecified atom stereocenters. The molecule has 2 heterocycles. The number of nitrogens with zero attached hydrogens (tertiary/aromatic N) is 2. The molecule has 2 aromatic rings. The molecule has 0 fully saturated rings. The van der Waals surface area contributed by atoms with Crippen LogP contribution in [0.5, 0.6) is 0 Å². The molecular weight excluding hydrogens is 248 g/mol. The molecule has 0 saturated carbocycles. The lowest BCUT2D eigenvalue weighted by molar-refractivity contribution is -0.136. The number of carboxylic acid groups (broad SMARTS) is 2. The van der Waals surface area contributed by atoms with E-state index in [4.69, 9.17) is 21.8 Å². The van der Waals surface area contributed by atoms with Gasteiger partial charge in [0.15, 0.2) is 5.69 Å². The highest BCUT2D eigenvalue weighted by Gasteiger charge is 2.20. The van der Waals surface area contributed by atoms with Crippen LogP contribution in [-0.2, 0) is 11.2 Å². The van der Waals surface area contributed by atoms with Crippen molar-refractivity contribution in [1.29, 1.82) is 0 Å². The largest absolute Gasteiger partial charge is 0.481 e. The minimum absolute atomic E-state index is 0.122. The lowest BCUT2D eigenvalue weighted by Gasteiger charge is -1.99. The standard InChI is InChI=1S/C10H7ClN2O4/c11-5-1-2-13-6(4-8(14)15)9(10(16)17)12-7(13)3-5/h1-3H,4H2,(H,14,15)(H,16,17). The molecule has 0 spiro atoms. The van der Waals surface area contributed by atoms with Crippen molar-refractivity contribution in [2.75, 3.05) is 0 Å². The molecule has 2 aromatic heterocycles. The minimum atomic E-state index is -1.26. The predicted molar refractivity (Wildman–Crippen MR) is 58.5 cm³/mol. The highest BCUT2D eigenvalue weighted by molar-refractivity contribution is 6.30. The van der Waals surface area contributed by atoms with Crippen LogP contribution in [0.3, 0.4) is 0 Å². The lowest BCUT2D eigenvalue weighted by Crippen LogP contribution is -2.09. The van der Waals surface area contributed by atoms with Crippen LogP contribution in [0.4, 0.5) is 0 Å². The first kappa shape index (κ1) is 11.4. The van der Waals surface area contributed by atoms with Crippen molar-refractivity contribution in [2.24, 2.45) is 0 Å². The Hall–Kier alpha value is -2.08. The molecular formula is C10H7ClN2O4. The van der Waals surface area contributed by atoms with Crippen LogP contribution in [0.1, 0.15) is 16.2 Å². The van der Waals surface area contributed by atoms with Gasteiger partial charge in [-0.25, -0.2) is 9.78 Å². The van der Waals surface area contributed by atoms with Crippen LogP contribution in [0.15, 0.2) is 18.3 Å². The van der Waals surface area contributed by atoms with Crippen LogP contribution in [0.2, 0.25) is 5.02 Å². The number of imidazole rings is 1. The van der Waals surface area contributed by atoms with E-state index in [-0.39, 0.29) is 11.4 Å². The molecule has 2 rings (SSSR count). The third kappa shape index (κ3) is 2.07. The van der Waals surface area contributed by atoms with Gasteiger partial charge in [0.25, 0.3) is 0 Å². The molecule has 0 bridgehead atoms. The molecule has 17 heavy (non-hydrogen) atoms. The fourth-order valence-electron chi connectivity index (χ4n) is 1.55. The third-order valence-corrected chi connectivity index (χ3v) is 2.44. The number of hydrogen-bond acceptors (Lipinski definition) is 3. The summed E-state index contributed by atoms with van der Waals surface area (Å²) in [7, 11) is 0. The monoisotopic (exact) mass is 254 g/mol. The number of hydrogen-bond donors (Lipinski definition) is 2. The Morgan fingerprint density at radius 1 is 1.41 bits per heavy atom. The number of rotatable bonds is 3. The summed E-state index contributed by atoms with van der Waals surface area (Å²) < 4.78 is 1.41. The second-order valence-electron chi connectivity index (χ2n) is 3.36. The number of fused-ring (bicyclic) bond motifs is 1. The summed E-state index contributed by atoms with van der Waals surface area (Å²) in [6.07, 6.45) is 1.08. The number of aromatic nitrogens is 2. The molecule has 0 atom stereocenters. The topological polar surface area (TPSA) is 91.9 Å². The Balaban J connectivity index is 2.71. The Bertz CT molecular complexity index is 620. The Morgan fingerprint density at radius 2 is 2.12 bits per heavy atom. The normalized spacial score (nSPS) is 10.6. The summed E-state index contributed by atoms with van der Waals surface area (Å²) in [4.78, 5) is 25.5. The summed E-state index contributed by atoms with van der Waals surface area (Å²) >= 11 is 5.75. The van der Waals surface area contributed by atoms with Crippen LogP contribution >= 0.6 is 11.6 Å². The molecule has 0 aromatic carbocycles. The molecule has 88 valence electrons. The van der Waals surface area contributed by atoms with Crippen LogP contribution < -0.4 is 0 Å². The zero-order valence-electron chi connectivity index (χ0n) is 8.42. The Labute approximate surface area is 100 Å². The van der Waals surface area contributed by atoms with E-state index in [1.165, 1.54) is 22.7 Å². The van der Waals surface area contributed by atoms with Gasteiger partial charge in [-0.05, 0) is 6.07 Å². The molecule has 0 radical (unpaired) electrons. The van der Waals surface area contributed by atoms with E-state index in [2.05, 4.69) is 4.98 Å². The third-order valence-electron chi connectivity index (χ3n) is 2.21. The van der Waals surface area contributed by atoms with Crippen molar-refractivity contribution < 1.29 is 19.8 Å². The fraction of sp³-hybridized carbons (Fsp3) is 0.100. The molecule has 2 N–H and O–H groups in total. The van der Waals surface area contributed by atoms with Gasteiger partial charge in [-0.1, -0.05) is 11.6 Å². The van der Waals surface area contributed by atoms with Gasteiger partial charge < -0.3 is 14.6 Å². The molecule has 0 saturated heterocycles. The first-order valence-electron chi connectivity index (χ1n) is 4.60. The van der Waals surface area contributed by atoms with Crippen LogP contribution in [0.25, 0.3) is 5.65 Å². The van der Waals surface area contributed by atoms with Gasteiger partial charge >= 0.3 is 11.9 Å². The van der Waals surface area contributed by atoms with Gasteiger partial charge in [0, 0.05) is 17.3 Å². The maximum absolute atomic E-state index is 11.0. The SMILES string of the molecule is O=C(O)Cc1c(C(=O)O)nc2cc(Cl)ccn12. The number of aromatic carboxylic acids is 1. The van der Waals surface area contributed by atoms with Crippen molar-refractivity contribution in [3.05, 3.63) is 34.7 Å². The quantitative estimate of drug-likeness (QED) is 0.862. The van der Waals surface area contributed by atoms with E-state index in [1.54, 1.807) is 0 Å². The maximum atomic E-state index is 11.0. The number of carboxylic acids is 2. The van der Waals surface area contributed by atoms with Gasteiger partial charge in [0.1, 0.15) is 5.65 Å². The fourth-order valence-corrected chi connectivity index (χ4v) is 1.71. The summed E-state index contributed by atoms with van der Waals surface area (Å²) in [5.74, 6) is -2.38. The number of halogens is 1. The van der Waals surface area contributed by atoms with Gasteiger partial charge in [-0.3, -0.25) is 4.79 Å². The van der Waals surface area contributed by atoms with Crippen LogP contribution in [0, 0.1) is 0 Å². The van der Waals surface area contributed by atoms with E-state index in [1.807, 2.05) is 0 Å². The maximum Gasteiger partial charge on any atom is 0.356 e. The second kappa shape index (κ2) is 4.06. The second-order valence-corrected chi connectivity index (χ2v) is 3.79. The molecule has 0 aliphatic rings. The van der Waals surface area contributed by atoms with Gasteiger partial charge in [-0.2, -0.15) is 0 Å². The van der Waals surface area contributed by atoms with E-state index in [0.717, 1.165) is 0 Å². The molecule has 0 amide bonds. The minimum Gasteiger partial charge on any atom is -0.481 e. The van der Waals surface area contributed by atoms with E-state index in [9.17, 15) is 9.59 Å². The smallest absolute Gasteiger partial charge is 0.356 e. The predicted octanol–water partition coefficient (Wildman–Crippen LogP) is 1.31. The van der Waals surface area contributed by atoms with Crippen molar-refractivity contribution >= 4 is 29.2 Å². The van der Waals surface area contributed by atoms with E-state index in [0.29, 0.717) is 10.7 Å².